The summed E-state index contributed by atoms with van der Waals surface area (Å²) in [6.07, 6.45) is 8.35. The lowest BCUT2D eigenvalue weighted by Crippen LogP contribution is -2.17. The summed E-state index contributed by atoms with van der Waals surface area (Å²) in [5, 5.41) is 3.80. The second kappa shape index (κ2) is 7.04. The SMILES string of the molecule is Cc1cc(NC(=O)CCCC2CCCCC2C)sn1. The number of aryl methyl sites for hydroxylation is 1. The zero-order valence-electron chi connectivity index (χ0n) is 11.9. The second-order valence-electron chi connectivity index (χ2n) is 5.79. The first-order valence-corrected chi connectivity index (χ1v) is 8.15. The minimum Gasteiger partial charge on any atom is -0.316 e. The summed E-state index contributed by atoms with van der Waals surface area (Å²) in [6.45, 7) is 4.31. The monoisotopic (exact) mass is 280 g/mol. The number of anilines is 1. The normalized spacial score (nSPS) is 23.3. The van der Waals surface area contributed by atoms with E-state index in [4.69, 9.17) is 0 Å². The van der Waals surface area contributed by atoms with Gasteiger partial charge < -0.3 is 5.32 Å². The molecule has 1 aliphatic rings. The summed E-state index contributed by atoms with van der Waals surface area (Å²) in [5.41, 5.74) is 0.969. The zero-order chi connectivity index (χ0) is 13.7. The Hall–Kier alpha value is -0.900. The van der Waals surface area contributed by atoms with Crippen LogP contribution in [0.2, 0.25) is 0 Å². The van der Waals surface area contributed by atoms with Crippen LogP contribution in [0.15, 0.2) is 6.07 Å². The van der Waals surface area contributed by atoms with Crippen molar-refractivity contribution >= 4 is 22.4 Å². The predicted molar refractivity (Wildman–Crippen MR) is 80.5 cm³/mol. The maximum atomic E-state index is 11.8. The van der Waals surface area contributed by atoms with E-state index in [2.05, 4.69) is 16.6 Å². The van der Waals surface area contributed by atoms with Crippen molar-refractivity contribution in [2.24, 2.45) is 11.8 Å². The van der Waals surface area contributed by atoms with Crippen molar-refractivity contribution in [1.29, 1.82) is 0 Å². The van der Waals surface area contributed by atoms with Crippen molar-refractivity contribution in [2.45, 2.75) is 58.8 Å². The first-order valence-electron chi connectivity index (χ1n) is 7.38. The number of nitrogens with zero attached hydrogens (tertiary/aromatic N) is 1. The van der Waals surface area contributed by atoms with Gasteiger partial charge in [-0.05, 0) is 49.2 Å². The highest BCUT2D eigenvalue weighted by Gasteiger charge is 2.20. The van der Waals surface area contributed by atoms with Gasteiger partial charge in [-0.15, -0.1) is 0 Å². The van der Waals surface area contributed by atoms with Crippen molar-refractivity contribution in [2.75, 3.05) is 5.32 Å². The van der Waals surface area contributed by atoms with Crippen LogP contribution in [0, 0.1) is 18.8 Å². The molecule has 1 aliphatic carbocycles. The van der Waals surface area contributed by atoms with Gasteiger partial charge in [0.2, 0.25) is 5.91 Å². The molecule has 1 N–H and O–H groups in total. The molecule has 0 saturated heterocycles. The van der Waals surface area contributed by atoms with E-state index in [0.717, 1.165) is 29.0 Å². The van der Waals surface area contributed by atoms with Gasteiger partial charge >= 0.3 is 0 Å². The van der Waals surface area contributed by atoms with Gasteiger partial charge in [0.25, 0.3) is 0 Å². The van der Waals surface area contributed by atoms with E-state index in [-0.39, 0.29) is 5.91 Å². The van der Waals surface area contributed by atoms with Crippen LogP contribution in [0.4, 0.5) is 5.00 Å². The standard InChI is InChI=1S/C15H24N2OS/c1-11-6-3-4-7-13(11)8-5-9-14(18)16-15-10-12(2)17-19-15/h10-11,13H,3-9H2,1-2H3,(H,16,18). The van der Waals surface area contributed by atoms with Crippen LogP contribution in [0.3, 0.4) is 0 Å². The Morgan fingerprint density at radius 2 is 2.26 bits per heavy atom. The first kappa shape index (κ1) is 14.5. The Bertz CT molecular complexity index is 416. The summed E-state index contributed by atoms with van der Waals surface area (Å²) in [7, 11) is 0. The van der Waals surface area contributed by atoms with E-state index in [1.807, 2.05) is 13.0 Å². The number of hydrogen-bond acceptors (Lipinski definition) is 3. The number of amides is 1. The van der Waals surface area contributed by atoms with E-state index < -0.39 is 0 Å². The number of hydrogen-bond donors (Lipinski definition) is 1. The molecule has 3 nitrogen and oxygen atoms in total. The van der Waals surface area contributed by atoms with Crippen LogP contribution in [0.1, 0.15) is 57.6 Å². The third-order valence-electron chi connectivity index (χ3n) is 4.16. The van der Waals surface area contributed by atoms with E-state index in [1.165, 1.54) is 43.6 Å². The summed E-state index contributed by atoms with van der Waals surface area (Å²) in [4.78, 5) is 11.8. The van der Waals surface area contributed by atoms with Crippen molar-refractivity contribution in [3.8, 4) is 0 Å². The van der Waals surface area contributed by atoms with Gasteiger partial charge in [-0.1, -0.05) is 32.6 Å². The molecule has 1 fully saturated rings. The van der Waals surface area contributed by atoms with Crippen LogP contribution >= 0.6 is 11.5 Å². The molecule has 2 unspecified atom stereocenters. The van der Waals surface area contributed by atoms with Crippen LogP contribution in [-0.4, -0.2) is 10.3 Å². The summed E-state index contributed by atoms with van der Waals surface area (Å²) in [5.74, 6) is 1.82. The van der Waals surface area contributed by atoms with Crippen molar-refractivity contribution < 1.29 is 4.79 Å². The van der Waals surface area contributed by atoms with E-state index >= 15 is 0 Å². The quantitative estimate of drug-likeness (QED) is 0.869. The molecule has 1 aromatic heterocycles. The van der Waals surface area contributed by atoms with Gasteiger partial charge in [0, 0.05) is 6.42 Å². The van der Waals surface area contributed by atoms with Gasteiger partial charge in [0.15, 0.2) is 0 Å². The Balaban J connectivity index is 1.66. The Kier molecular flexibility index (Phi) is 5.37. The molecule has 0 bridgehead atoms. The van der Waals surface area contributed by atoms with Crippen molar-refractivity contribution in [3.63, 3.8) is 0 Å². The van der Waals surface area contributed by atoms with Crippen molar-refractivity contribution in [3.05, 3.63) is 11.8 Å². The molecule has 19 heavy (non-hydrogen) atoms. The van der Waals surface area contributed by atoms with Gasteiger partial charge in [-0.2, -0.15) is 4.37 Å². The largest absolute Gasteiger partial charge is 0.316 e. The third kappa shape index (κ3) is 4.60. The number of aromatic nitrogens is 1. The highest BCUT2D eigenvalue weighted by atomic mass is 32.1. The summed E-state index contributed by atoms with van der Waals surface area (Å²) >= 11 is 1.36. The number of carbonyl (C=O) groups excluding carboxylic acids is 1. The lowest BCUT2D eigenvalue weighted by Gasteiger charge is -2.28. The predicted octanol–water partition coefficient (Wildman–Crippen LogP) is 4.39. The maximum Gasteiger partial charge on any atom is 0.225 e. The van der Waals surface area contributed by atoms with Crippen molar-refractivity contribution in [1.82, 2.24) is 4.37 Å². The molecule has 0 spiro atoms. The maximum absolute atomic E-state index is 11.8. The van der Waals surface area contributed by atoms with E-state index in [1.54, 1.807) is 0 Å². The Labute approximate surface area is 120 Å². The fraction of sp³-hybridized carbons (Fsp3) is 0.733. The zero-order valence-corrected chi connectivity index (χ0v) is 12.8. The molecule has 1 saturated carbocycles. The smallest absolute Gasteiger partial charge is 0.225 e. The van der Waals surface area contributed by atoms with Gasteiger partial charge in [0.05, 0.1) is 5.69 Å². The minimum atomic E-state index is 0.132. The van der Waals surface area contributed by atoms with Crippen LogP contribution in [0.5, 0.6) is 0 Å². The molecule has 1 amide bonds. The molecular weight excluding hydrogens is 256 g/mol. The lowest BCUT2D eigenvalue weighted by atomic mass is 9.78. The molecule has 0 aromatic carbocycles. The molecule has 0 radical (unpaired) electrons. The topological polar surface area (TPSA) is 42.0 Å². The first-order chi connectivity index (χ1) is 9.15. The second-order valence-corrected chi connectivity index (χ2v) is 6.60. The molecule has 4 heteroatoms. The van der Waals surface area contributed by atoms with Crippen LogP contribution < -0.4 is 5.32 Å². The lowest BCUT2D eigenvalue weighted by molar-refractivity contribution is -0.116. The van der Waals surface area contributed by atoms with Gasteiger partial charge in [-0.25, -0.2) is 0 Å². The molecule has 1 heterocycles. The van der Waals surface area contributed by atoms with Gasteiger partial charge in [-0.3, -0.25) is 4.79 Å². The number of carbonyl (C=O) groups is 1. The number of rotatable bonds is 5. The average molecular weight is 280 g/mol. The Morgan fingerprint density at radius 1 is 1.47 bits per heavy atom. The summed E-state index contributed by atoms with van der Waals surface area (Å²) < 4.78 is 4.16. The fourth-order valence-electron chi connectivity index (χ4n) is 2.97. The average Bonchev–Trinajstić information content (AvgIpc) is 2.77. The van der Waals surface area contributed by atoms with E-state index in [9.17, 15) is 4.79 Å². The molecule has 106 valence electrons. The Morgan fingerprint density at radius 3 is 2.95 bits per heavy atom. The molecule has 0 aliphatic heterocycles. The molecule has 2 rings (SSSR count). The molecular formula is C15H24N2OS. The molecule has 2 atom stereocenters. The van der Waals surface area contributed by atoms with Gasteiger partial charge in [0.1, 0.15) is 5.00 Å². The third-order valence-corrected chi connectivity index (χ3v) is 4.95. The number of nitrogens with one attached hydrogen (secondary N) is 1. The summed E-state index contributed by atoms with van der Waals surface area (Å²) in [6, 6.07) is 1.92. The fourth-order valence-corrected chi connectivity index (χ4v) is 3.65. The van der Waals surface area contributed by atoms with Crippen LogP contribution in [-0.2, 0) is 4.79 Å². The highest BCUT2D eigenvalue weighted by molar-refractivity contribution is 7.10. The molecule has 1 aromatic rings. The highest BCUT2D eigenvalue weighted by Crippen LogP contribution is 2.33. The minimum absolute atomic E-state index is 0.132. The van der Waals surface area contributed by atoms with E-state index in [0.29, 0.717) is 6.42 Å². The van der Waals surface area contributed by atoms with Crippen LogP contribution in [0.25, 0.3) is 0 Å².